The summed E-state index contributed by atoms with van der Waals surface area (Å²) in [7, 11) is 4.11. The summed E-state index contributed by atoms with van der Waals surface area (Å²) >= 11 is 0. The summed E-state index contributed by atoms with van der Waals surface area (Å²) in [4.78, 5) is 13.7. The molecule has 1 atom stereocenters. The number of likely N-dealkylation sites (N-methyl/N-ethyl adjacent to an activating group) is 1. The third-order valence-corrected chi connectivity index (χ3v) is 4.43. The van der Waals surface area contributed by atoms with Gasteiger partial charge in [0.2, 0.25) is 5.95 Å². The maximum atomic E-state index is 4.55. The monoisotopic (exact) mass is 300 g/mol. The molecule has 0 spiro atoms. The second-order valence-electron chi connectivity index (χ2n) is 6.09. The van der Waals surface area contributed by atoms with Crippen molar-refractivity contribution >= 4 is 5.95 Å². The largest absolute Gasteiger partial charge is 0.340 e. The van der Waals surface area contributed by atoms with Crippen molar-refractivity contribution in [1.82, 2.24) is 24.6 Å². The molecular weight excluding hydrogens is 276 g/mol. The van der Waals surface area contributed by atoms with Gasteiger partial charge in [-0.05, 0) is 38.4 Å². The smallest absolute Gasteiger partial charge is 0.225 e. The van der Waals surface area contributed by atoms with Crippen LogP contribution in [0.25, 0.3) is 0 Å². The first kappa shape index (κ1) is 15.0. The van der Waals surface area contributed by atoms with Crippen molar-refractivity contribution in [1.29, 1.82) is 0 Å². The van der Waals surface area contributed by atoms with Crippen molar-refractivity contribution in [2.24, 2.45) is 7.05 Å². The van der Waals surface area contributed by atoms with E-state index < -0.39 is 0 Å². The van der Waals surface area contributed by atoms with Crippen LogP contribution in [0.2, 0.25) is 0 Å². The molecule has 0 bridgehead atoms. The molecule has 3 rings (SSSR count). The predicted molar refractivity (Wildman–Crippen MR) is 86.7 cm³/mol. The molecule has 6 nitrogen and oxygen atoms in total. The van der Waals surface area contributed by atoms with Crippen LogP contribution >= 0.6 is 0 Å². The van der Waals surface area contributed by atoms with Gasteiger partial charge in [0.05, 0.1) is 5.69 Å². The van der Waals surface area contributed by atoms with E-state index in [9.17, 15) is 0 Å². The second kappa shape index (κ2) is 6.44. The van der Waals surface area contributed by atoms with Gasteiger partial charge in [-0.25, -0.2) is 9.97 Å². The summed E-state index contributed by atoms with van der Waals surface area (Å²) < 4.78 is 1.96. The highest BCUT2D eigenvalue weighted by Gasteiger charge is 2.25. The molecule has 3 heterocycles. The molecular formula is C16H24N6. The highest BCUT2D eigenvalue weighted by molar-refractivity contribution is 5.30. The standard InChI is InChI=1S/C16H24N6/c1-13-6-8-17-16(19-13)20(2)14-5-4-10-22(11-14)12-15-7-9-18-21(15)3/h6-9,14H,4-5,10-12H2,1-3H3. The quantitative estimate of drug-likeness (QED) is 0.859. The number of piperidine rings is 1. The first-order valence-electron chi connectivity index (χ1n) is 7.85. The van der Waals surface area contributed by atoms with Gasteiger partial charge in [-0.1, -0.05) is 0 Å². The van der Waals surface area contributed by atoms with E-state index in [0.29, 0.717) is 6.04 Å². The molecule has 22 heavy (non-hydrogen) atoms. The van der Waals surface area contributed by atoms with Crippen molar-refractivity contribution in [3.8, 4) is 0 Å². The van der Waals surface area contributed by atoms with Crippen molar-refractivity contribution in [2.75, 3.05) is 25.0 Å². The minimum absolute atomic E-state index is 0.462. The van der Waals surface area contributed by atoms with Crippen LogP contribution in [-0.2, 0) is 13.6 Å². The van der Waals surface area contributed by atoms with E-state index in [-0.39, 0.29) is 0 Å². The SMILES string of the molecule is Cc1ccnc(N(C)C2CCCN(Cc3ccnn3C)C2)n1. The average Bonchev–Trinajstić information content (AvgIpc) is 2.92. The van der Waals surface area contributed by atoms with Gasteiger partial charge in [0, 0.05) is 51.3 Å². The third kappa shape index (κ3) is 3.27. The molecule has 0 N–H and O–H groups in total. The third-order valence-electron chi connectivity index (χ3n) is 4.43. The van der Waals surface area contributed by atoms with Crippen molar-refractivity contribution in [3.05, 3.63) is 35.9 Å². The van der Waals surface area contributed by atoms with Gasteiger partial charge >= 0.3 is 0 Å². The van der Waals surface area contributed by atoms with E-state index in [1.54, 1.807) is 0 Å². The number of hydrogen-bond acceptors (Lipinski definition) is 5. The fraction of sp³-hybridized carbons (Fsp3) is 0.562. The Morgan fingerprint density at radius 1 is 1.32 bits per heavy atom. The summed E-state index contributed by atoms with van der Waals surface area (Å²) in [6.07, 6.45) is 6.10. The number of hydrogen-bond donors (Lipinski definition) is 0. The molecule has 0 aliphatic carbocycles. The summed E-state index contributed by atoms with van der Waals surface area (Å²) in [5, 5.41) is 4.25. The number of aromatic nitrogens is 4. The van der Waals surface area contributed by atoms with Gasteiger partial charge in [-0.15, -0.1) is 0 Å². The Labute approximate surface area is 131 Å². The molecule has 0 radical (unpaired) electrons. The van der Waals surface area contributed by atoms with Crippen molar-refractivity contribution in [2.45, 2.75) is 32.4 Å². The number of anilines is 1. The fourth-order valence-electron chi connectivity index (χ4n) is 3.05. The number of nitrogens with zero attached hydrogens (tertiary/aromatic N) is 6. The van der Waals surface area contributed by atoms with Crippen LogP contribution in [0.5, 0.6) is 0 Å². The minimum atomic E-state index is 0.462. The first-order valence-corrected chi connectivity index (χ1v) is 7.85. The topological polar surface area (TPSA) is 50.1 Å². The maximum Gasteiger partial charge on any atom is 0.225 e. The molecule has 1 saturated heterocycles. The number of rotatable bonds is 4. The molecule has 0 saturated carbocycles. The Hall–Kier alpha value is -1.95. The van der Waals surface area contributed by atoms with E-state index in [2.05, 4.69) is 38.0 Å². The summed E-state index contributed by atoms with van der Waals surface area (Å²) in [5.74, 6) is 0.826. The molecule has 118 valence electrons. The van der Waals surface area contributed by atoms with Gasteiger partial charge < -0.3 is 4.90 Å². The number of aryl methyl sites for hydroxylation is 2. The van der Waals surface area contributed by atoms with E-state index in [4.69, 9.17) is 0 Å². The molecule has 2 aromatic rings. The molecule has 0 aromatic carbocycles. The Morgan fingerprint density at radius 3 is 2.91 bits per heavy atom. The fourth-order valence-corrected chi connectivity index (χ4v) is 3.05. The molecule has 6 heteroatoms. The zero-order chi connectivity index (χ0) is 15.5. The van der Waals surface area contributed by atoms with Gasteiger partial charge in [-0.2, -0.15) is 5.10 Å². The number of likely N-dealkylation sites (tertiary alicyclic amines) is 1. The van der Waals surface area contributed by atoms with Crippen LogP contribution < -0.4 is 4.90 Å². The lowest BCUT2D eigenvalue weighted by atomic mass is 10.0. The highest BCUT2D eigenvalue weighted by atomic mass is 15.3. The summed E-state index contributed by atoms with van der Waals surface area (Å²) in [6.45, 7) is 5.15. The van der Waals surface area contributed by atoms with Gasteiger partial charge in [0.1, 0.15) is 0 Å². The molecule has 2 aromatic heterocycles. The Morgan fingerprint density at radius 2 is 2.18 bits per heavy atom. The van der Waals surface area contributed by atoms with Crippen LogP contribution in [0, 0.1) is 6.92 Å². The van der Waals surface area contributed by atoms with Crippen LogP contribution in [-0.4, -0.2) is 50.8 Å². The highest BCUT2D eigenvalue weighted by Crippen LogP contribution is 2.20. The van der Waals surface area contributed by atoms with Crippen molar-refractivity contribution < 1.29 is 0 Å². The first-order chi connectivity index (χ1) is 10.6. The van der Waals surface area contributed by atoms with E-state index in [1.807, 2.05) is 37.1 Å². The molecule has 1 aliphatic rings. The maximum absolute atomic E-state index is 4.55. The summed E-state index contributed by atoms with van der Waals surface area (Å²) in [6, 6.07) is 4.49. The minimum Gasteiger partial charge on any atom is -0.340 e. The van der Waals surface area contributed by atoms with E-state index >= 15 is 0 Å². The van der Waals surface area contributed by atoms with Crippen molar-refractivity contribution in [3.63, 3.8) is 0 Å². The Bertz CT molecular complexity index is 623. The zero-order valence-electron chi connectivity index (χ0n) is 13.6. The van der Waals surface area contributed by atoms with Crippen LogP contribution in [0.1, 0.15) is 24.2 Å². The van der Waals surface area contributed by atoms with E-state index in [1.165, 1.54) is 18.5 Å². The normalized spacial score (nSPS) is 19.3. The van der Waals surface area contributed by atoms with Gasteiger partial charge in [0.15, 0.2) is 0 Å². The second-order valence-corrected chi connectivity index (χ2v) is 6.09. The molecule has 1 fully saturated rings. The Balaban J connectivity index is 1.66. The Kier molecular flexibility index (Phi) is 4.38. The van der Waals surface area contributed by atoms with Gasteiger partial charge in [-0.3, -0.25) is 9.58 Å². The van der Waals surface area contributed by atoms with Crippen LogP contribution in [0.15, 0.2) is 24.5 Å². The lowest BCUT2D eigenvalue weighted by Crippen LogP contribution is -2.47. The lowest BCUT2D eigenvalue weighted by molar-refractivity contribution is 0.194. The molecule has 0 amide bonds. The van der Waals surface area contributed by atoms with Gasteiger partial charge in [0.25, 0.3) is 0 Å². The van der Waals surface area contributed by atoms with E-state index in [0.717, 1.165) is 31.3 Å². The predicted octanol–water partition coefficient (Wildman–Crippen LogP) is 1.62. The molecule has 1 aliphatic heterocycles. The lowest BCUT2D eigenvalue weighted by Gasteiger charge is -2.37. The summed E-state index contributed by atoms with van der Waals surface area (Å²) in [5.41, 5.74) is 2.27. The molecule has 1 unspecified atom stereocenters. The zero-order valence-corrected chi connectivity index (χ0v) is 13.6. The average molecular weight is 300 g/mol. The van der Waals surface area contributed by atoms with Crippen LogP contribution in [0.3, 0.4) is 0 Å². The van der Waals surface area contributed by atoms with Crippen LogP contribution in [0.4, 0.5) is 5.95 Å².